The van der Waals surface area contributed by atoms with Gasteiger partial charge in [-0.2, -0.15) is 0 Å². The number of nitrogens with zero attached hydrogens (tertiary/aromatic N) is 4. The average Bonchev–Trinajstić information content (AvgIpc) is 3.40. The van der Waals surface area contributed by atoms with E-state index in [1.54, 1.807) is 0 Å². The molecule has 0 saturated heterocycles. The molecule has 0 unspecified atom stereocenters. The summed E-state index contributed by atoms with van der Waals surface area (Å²) in [6.45, 7) is 21.5. The van der Waals surface area contributed by atoms with Crippen molar-refractivity contribution in [2.24, 2.45) is 14.1 Å². The molecule has 2 aromatic carbocycles. The van der Waals surface area contributed by atoms with Crippen LogP contribution in [-0.4, -0.2) is 25.4 Å². The summed E-state index contributed by atoms with van der Waals surface area (Å²) in [5.74, 6) is 2.06. The maximum atomic E-state index is 8.81. The minimum Gasteiger partial charge on any atom is -0.331 e. The SMILES string of the molecule is CC.CC.CC.CC.CC=Cc1nc2ccccc2n1C.CC=O.Cc1nc2ccccc2n1C.[Ar].[Ar]. The molecule has 0 fully saturated rings. The second kappa shape index (κ2) is 31.5. The van der Waals surface area contributed by atoms with Gasteiger partial charge in [-0.3, -0.25) is 0 Å². The van der Waals surface area contributed by atoms with Crippen LogP contribution in [0.25, 0.3) is 28.1 Å². The first kappa shape index (κ1) is 46.2. The van der Waals surface area contributed by atoms with Crippen molar-refractivity contribution < 1.29 is 80.3 Å². The van der Waals surface area contributed by atoms with Crippen molar-refractivity contribution in [3.8, 4) is 0 Å². The van der Waals surface area contributed by atoms with Gasteiger partial charge in [0.05, 0.1) is 22.1 Å². The van der Waals surface area contributed by atoms with Crippen molar-refractivity contribution in [2.75, 3.05) is 0 Å². The molecule has 37 heavy (non-hydrogen) atoms. The summed E-state index contributed by atoms with van der Waals surface area (Å²) in [6.07, 6.45) is 4.77. The van der Waals surface area contributed by atoms with Gasteiger partial charge < -0.3 is 13.9 Å². The molecule has 0 saturated carbocycles. The van der Waals surface area contributed by atoms with Crippen LogP contribution < -0.4 is 0 Å². The normalized spacial score (nSPS) is 8.24. The summed E-state index contributed by atoms with van der Waals surface area (Å²) < 4.78 is 4.19. The Bertz CT molecular complexity index is 1070. The van der Waals surface area contributed by atoms with Crippen LogP contribution in [0, 0.1) is 82.4 Å². The number of carbonyl (C=O) groups excluding carboxylic acids is 1. The molecule has 4 aromatic rings. The number of aldehydes is 1. The summed E-state index contributed by atoms with van der Waals surface area (Å²) >= 11 is 0. The van der Waals surface area contributed by atoms with E-state index in [0.29, 0.717) is 0 Å². The number of para-hydroxylation sites is 4. The van der Waals surface area contributed by atoms with E-state index in [-0.39, 0.29) is 75.5 Å². The van der Waals surface area contributed by atoms with E-state index in [0.717, 1.165) is 29.0 Å². The van der Waals surface area contributed by atoms with E-state index in [4.69, 9.17) is 4.79 Å². The van der Waals surface area contributed by atoms with Crippen LogP contribution in [-0.2, 0) is 18.9 Å². The Hall–Kier alpha value is -0.691. The minimum absolute atomic E-state index is 0. The van der Waals surface area contributed by atoms with E-state index < -0.39 is 0 Å². The fourth-order valence-electron chi connectivity index (χ4n) is 2.73. The summed E-state index contributed by atoms with van der Waals surface area (Å²) in [7, 11) is 4.06. The van der Waals surface area contributed by atoms with E-state index >= 15 is 0 Å². The van der Waals surface area contributed by atoms with Gasteiger partial charge in [-0.1, -0.05) is 85.7 Å². The number of benzene rings is 2. The fourth-order valence-corrected chi connectivity index (χ4v) is 2.73. The van der Waals surface area contributed by atoms with Crippen LogP contribution in [0.15, 0.2) is 54.6 Å². The first-order chi connectivity index (χ1) is 17.0. The molecular weight excluding hydrogens is 512 g/mol. The van der Waals surface area contributed by atoms with Gasteiger partial charge in [0, 0.05) is 89.6 Å². The Morgan fingerprint density at radius 2 is 1.00 bits per heavy atom. The number of hydrogen-bond donors (Lipinski definition) is 0. The molecule has 2 aromatic heterocycles. The van der Waals surface area contributed by atoms with Gasteiger partial charge in [0.2, 0.25) is 0 Å². The van der Waals surface area contributed by atoms with Crippen molar-refractivity contribution in [3.63, 3.8) is 0 Å². The molecule has 0 radical (unpaired) electrons. The Morgan fingerprint density at radius 3 is 1.35 bits per heavy atom. The van der Waals surface area contributed by atoms with E-state index in [9.17, 15) is 0 Å². The van der Waals surface area contributed by atoms with E-state index in [1.165, 1.54) is 18.0 Å². The molecule has 0 spiro atoms. The smallest absolute Gasteiger partial charge is 0.133 e. The second-order valence-electron chi connectivity index (χ2n) is 5.96. The van der Waals surface area contributed by atoms with Crippen molar-refractivity contribution in [1.29, 1.82) is 0 Å². The van der Waals surface area contributed by atoms with Gasteiger partial charge in [0.25, 0.3) is 0 Å². The molecule has 0 amide bonds. The van der Waals surface area contributed by atoms with Gasteiger partial charge in [-0.25, -0.2) is 9.97 Å². The molecule has 7 heteroatoms. The quantitative estimate of drug-likeness (QED) is 0.218. The molecular formula is C30H50Ar2N4O. The number of fused-ring (bicyclic) bond motifs is 2. The third-order valence-corrected chi connectivity index (χ3v) is 4.15. The number of aryl methyl sites for hydroxylation is 3. The van der Waals surface area contributed by atoms with Gasteiger partial charge >= 0.3 is 0 Å². The van der Waals surface area contributed by atoms with Gasteiger partial charge in [0.1, 0.15) is 17.9 Å². The fraction of sp³-hybridized carbons (Fsp3) is 0.433. The Labute approximate surface area is 287 Å². The van der Waals surface area contributed by atoms with Gasteiger partial charge in [-0.05, 0) is 51.1 Å². The van der Waals surface area contributed by atoms with Crippen molar-refractivity contribution in [2.45, 2.75) is 76.2 Å². The van der Waals surface area contributed by atoms with E-state index in [1.807, 2.05) is 132 Å². The van der Waals surface area contributed by atoms with Crippen LogP contribution in [0.2, 0.25) is 0 Å². The predicted molar refractivity (Wildman–Crippen MR) is 158 cm³/mol. The van der Waals surface area contributed by atoms with Gasteiger partial charge in [0.15, 0.2) is 0 Å². The van der Waals surface area contributed by atoms with Crippen molar-refractivity contribution in [3.05, 3.63) is 66.3 Å². The van der Waals surface area contributed by atoms with Gasteiger partial charge in [-0.15, -0.1) is 0 Å². The zero-order valence-electron chi connectivity index (χ0n) is 25.3. The summed E-state index contributed by atoms with van der Waals surface area (Å²) in [6, 6.07) is 16.3. The van der Waals surface area contributed by atoms with Crippen LogP contribution >= 0.6 is 0 Å². The van der Waals surface area contributed by atoms with Crippen molar-refractivity contribution >= 4 is 34.4 Å². The maximum absolute atomic E-state index is 8.81. The van der Waals surface area contributed by atoms with Crippen LogP contribution in [0.5, 0.6) is 0 Å². The monoisotopic (exact) mass is 562 g/mol. The first-order valence-electron chi connectivity index (χ1n) is 12.9. The second-order valence-corrected chi connectivity index (χ2v) is 5.96. The zero-order valence-corrected chi connectivity index (χ0v) is 26.7. The molecule has 0 N–H and O–H groups in total. The molecule has 0 aliphatic rings. The molecule has 0 bridgehead atoms. The number of carbonyl (C=O) groups is 1. The molecule has 0 atom stereocenters. The summed E-state index contributed by atoms with van der Waals surface area (Å²) in [4.78, 5) is 17.7. The largest absolute Gasteiger partial charge is 0.331 e. The van der Waals surface area contributed by atoms with E-state index in [2.05, 4.69) is 31.2 Å². The third-order valence-electron chi connectivity index (χ3n) is 4.15. The third kappa shape index (κ3) is 16.8. The predicted octanol–water partition coefficient (Wildman–Crippen LogP) is 8.80. The summed E-state index contributed by atoms with van der Waals surface area (Å²) in [5, 5.41) is 0. The molecule has 5 nitrogen and oxygen atoms in total. The Balaban J connectivity index is -0.000000130. The van der Waals surface area contributed by atoms with Crippen LogP contribution in [0.3, 0.4) is 0 Å². The number of allylic oxidation sites excluding steroid dienone is 1. The van der Waals surface area contributed by atoms with Crippen molar-refractivity contribution in [1.82, 2.24) is 19.1 Å². The Kier molecular flexibility index (Phi) is 39.3. The summed E-state index contributed by atoms with van der Waals surface area (Å²) in [5.41, 5.74) is 4.51. The minimum atomic E-state index is 0. The molecule has 2 heterocycles. The molecule has 0 aliphatic carbocycles. The van der Waals surface area contributed by atoms with Crippen LogP contribution in [0.1, 0.15) is 80.9 Å². The first-order valence-corrected chi connectivity index (χ1v) is 12.9. The molecule has 4 rings (SSSR count). The number of hydrogen-bond acceptors (Lipinski definition) is 3. The number of aromatic nitrogens is 4. The topological polar surface area (TPSA) is 52.7 Å². The maximum Gasteiger partial charge on any atom is 0.133 e. The number of imidazole rings is 2. The Morgan fingerprint density at radius 1 is 0.649 bits per heavy atom. The standard InChI is InChI=1S/C11H12N2.C9H10N2.C2H4O.4C2H6.2Ar/c1-3-6-11-12-9-7-4-5-8-10(9)13(11)2;1-7-10-8-5-3-4-6-9(8)11(7)2;1-2-3;4*1-2;;/h3-8H,1-2H3;3-6H,1-2H3;2H,1H3;4*1-2H3;;. The van der Waals surface area contributed by atoms with Crippen LogP contribution in [0.4, 0.5) is 0 Å². The molecule has 0 aliphatic heterocycles. The molecule has 212 valence electrons. The number of rotatable bonds is 1. The zero-order chi connectivity index (χ0) is 27.8. The average molecular weight is 563 g/mol.